The maximum Gasteiger partial charge on any atom is 0.397 e. The number of imide groups is 1. The predicted molar refractivity (Wildman–Crippen MR) is 63.8 cm³/mol. The number of hydroxylamine groups is 4. The molecule has 2 rings (SSSR count). The molecule has 7 nitrogen and oxygen atoms in total. The van der Waals surface area contributed by atoms with Crippen molar-refractivity contribution in [1.29, 1.82) is 0 Å². The van der Waals surface area contributed by atoms with Crippen LogP contribution in [-0.4, -0.2) is 32.9 Å². The lowest BCUT2D eigenvalue weighted by atomic mass is 10.1. The summed E-state index contributed by atoms with van der Waals surface area (Å²) in [6.45, 7) is 0. The first kappa shape index (κ1) is 14.2. The van der Waals surface area contributed by atoms with E-state index in [0.717, 1.165) is 5.56 Å². The third-order valence-electron chi connectivity index (χ3n) is 3.02. The molecule has 0 atom stereocenters. The third kappa shape index (κ3) is 2.84. The summed E-state index contributed by atoms with van der Waals surface area (Å²) in [6.07, 6.45) is -0.0610. The molecule has 0 saturated carbocycles. The van der Waals surface area contributed by atoms with Gasteiger partial charge in [0.25, 0.3) is 0 Å². The first-order chi connectivity index (χ1) is 9.41. The van der Waals surface area contributed by atoms with E-state index in [4.69, 9.17) is 5.11 Å². The Morgan fingerprint density at radius 3 is 2.25 bits per heavy atom. The summed E-state index contributed by atoms with van der Waals surface area (Å²) in [4.78, 5) is 37.0. The van der Waals surface area contributed by atoms with Gasteiger partial charge in [-0.3, -0.25) is 0 Å². The molecule has 1 aromatic carbocycles. The van der Waals surface area contributed by atoms with Crippen LogP contribution in [0.25, 0.3) is 0 Å². The molecule has 2 N–H and O–H groups in total. The molecule has 1 fully saturated rings. The topological polar surface area (TPSA) is 101 Å². The van der Waals surface area contributed by atoms with Gasteiger partial charge in [0.2, 0.25) is 0 Å². The highest BCUT2D eigenvalue weighted by atomic mass is 17.0. The maximum absolute atomic E-state index is 11.6. The van der Waals surface area contributed by atoms with Crippen molar-refractivity contribution >= 4 is 17.8 Å². The Labute approximate surface area is 114 Å². The lowest BCUT2D eigenvalue weighted by Crippen LogP contribution is -2.50. The quantitative estimate of drug-likeness (QED) is 0.481. The molecular weight excluding hydrogens is 266 g/mol. The molecule has 0 radical (unpaired) electrons. The monoisotopic (exact) mass is 280 g/mol. The summed E-state index contributed by atoms with van der Waals surface area (Å²) >= 11 is 0. The van der Waals surface area contributed by atoms with Crippen LogP contribution >= 0.6 is 0 Å². The largest absolute Gasteiger partial charge is 0.508 e. The van der Waals surface area contributed by atoms with Crippen LogP contribution in [0.15, 0.2) is 24.3 Å². The Hall–Kier alpha value is -2.25. The van der Waals surface area contributed by atoms with Crippen molar-refractivity contribution in [1.82, 2.24) is 0 Å². The number of carbonyl (C=O) groups excluding carboxylic acids is 3. The molecule has 1 aromatic rings. The van der Waals surface area contributed by atoms with E-state index in [1.54, 1.807) is 12.1 Å². The number of hydrogen-bond acceptors (Lipinski definition) is 6. The lowest BCUT2D eigenvalue weighted by molar-refractivity contribution is -1.12. The highest BCUT2D eigenvalue weighted by Gasteiger charge is 2.55. The zero-order valence-corrected chi connectivity index (χ0v) is 10.6. The highest BCUT2D eigenvalue weighted by Crippen LogP contribution is 2.21. The fraction of sp³-hybridized carbons (Fsp3) is 0.308. The Balaban J connectivity index is 1.91. The minimum atomic E-state index is -1.88. The molecule has 1 aliphatic heterocycles. The van der Waals surface area contributed by atoms with Gasteiger partial charge in [-0.1, -0.05) is 12.1 Å². The SMILES string of the molecule is O=C(CCc1ccc(O)cc1)O[N+]1(O)C(=O)CCC1=O. The summed E-state index contributed by atoms with van der Waals surface area (Å²) in [6, 6.07) is 6.23. The standard InChI is InChI=1S/C13H13NO6/c15-10-4-1-9(2-5-10)3-8-13(18)20-14(19)11(16)6-7-12(14)17/h1-2,4-5,19H,3,6-8H2/p+1. The lowest BCUT2D eigenvalue weighted by Gasteiger charge is -2.15. The van der Waals surface area contributed by atoms with Gasteiger partial charge in [-0.2, -0.15) is 5.21 Å². The number of amides is 2. The molecular formula is C13H14NO6+. The second kappa shape index (κ2) is 5.40. The van der Waals surface area contributed by atoms with Crippen molar-refractivity contribution in [3.05, 3.63) is 29.8 Å². The summed E-state index contributed by atoms with van der Waals surface area (Å²) in [5.74, 6) is -2.41. The van der Waals surface area contributed by atoms with Crippen molar-refractivity contribution < 1.29 is 34.3 Å². The van der Waals surface area contributed by atoms with Gasteiger partial charge in [-0.15, -0.1) is 0 Å². The smallest absolute Gasteiger partial charge is 0.397 e. The molecule has 1 saturated heterocycles. The molecule has 0 bridgehead atoms. The zero-order chi connectivity index (χ0) is 14.8. The van der Waals surface area contributed by atoms with Gasteiger partial charge >= 0.3 is 17.8 Å². The Bertz CT molecular complexity index is 534. The van der Waals surface area contributed by atoms with Crippen LogP contribution in [0, 0.1) is 0 Å². The predicted octanol–water partition coefficient (Wildman–Crippen LogP) is 0.836. The van der Waals surface area contributed by atoms with E-state index in [0.29, 0.717) is 6.42 Å². The number of quaternary nitrogens is 1. The van der Waals surface area contributed by atoms with Gasteiger partial charge in [0, 0.05) is 0 Å². The van der Waals surface area contributed by atoms with E-state index < -0.39 is 22.6 Å². The second-order valence-corrected chi connectivity index (χ2v) is 4.49. The van der Waals surface area contributed by atoms with E-state index in [9.17, 15) is 19.6 Å². The summed E-state index contributed by atoms with van der Waals surface area (Å²) in [5.41, 5.74) is 0.781. The molecule has 2 amide bonds. The van der Waals surface area contributed by atoms with Crippen molar-refractivity contribution in [2.24, 2.45) is 0 Å². The number of carbonyl (C=O) groups is 3. The van der Waals surface area contributed by atoms with E-state index in [1.165, 1.54) is 12.1 Å². The van der Waals surface area contributed by atoms with Crippen LogP contribution in [0.4, 0.5) is 0 Å². The van der Waals surface area contributed by atoms with E-state index in [1.807, 2.05) is 0 Å². The molecule has 106 valence electrons. The normalized spacial score (nSPS) is 17.2. The minimum Gasteiger partial charge on any atom is -0.508 e. The summed E-state index contributed by atoms with van der Waals surface area (Å²) in [5, 5.41) is 18.8. The first-order valence-electron chi connectivity index (χ1n) is 6.11. The van der Waals surface area contributed by atoms with Gasteiger partial charge in [0.1, 0.15) is 10.6 Å². The summed E-state index contributed by atoms with van der Waals surface area (Å²) in [7, 11) is 0. The van der Waals surface area contributed by atoms with Crippen LogP contribution in [-0.2, 0) is 25.6 Å². The van der Waals surface area contributed by atoms with Crippen molar-refractivity contribution in [2.45, 2.75) is 25.7 Å². The number of aromatic hydroxyl groups is 1. The number of rotatable bonds is 4. The number of aryl methyl sites for hydroxylation is 1. The molecule has 1 aliphatic rings. The second-order valence-electron chi connectivity index (χ2n) is 4.49. The van der Waals surface area contributed by atoms with Crippen LogP contribution in [0.1, 0.15) is 24.8 Å². The van der Waals surface area contributed by atoms with Crippen LogP contribution < -0.4 is 0 Å². The zero-order valence-electron chi connectivity index (χ0n) is 10.6. The van der Waals surface area contributed by atoms with Gasteiger partial charge in [-0.25, -0.2) is 19.2 Å². The number of phenols is 1. The Morgan fingerprint density at radius 2 is 1.70 bits per heavy atom. The molecule has 1 heterocycles. The minimum absolute atomic E-state index is 0.0914. The highest BCUT2D eigenvalue weighted by molar-refractivity contribution is 5.91. The Morgan fingerprint density at radius 1 is 1.15 bits per heavy atom. The number of hydrogen-bond donors (Lipinski definition) is 2. The Kier molecular flexibility index (Phi) is 3.82. The number of benzene rings is 1. The van der Waals surface area contributed by atoms with Crippen molar-refractivity contribution in [2.75, 3.05) is 0 Å². The van der Waals surface area contributed by atoms with Gasteiger partial charge < -0.3 is 5.11 Å². The van der Waals surface area contributed by atoms with Gasteiger partial charge in [-0.05, 0) is 24.1 Å². The average Bonchev–Trinajstić information content (AvgIpc) is 2.66. The first-order valence-corrected chi connectivity index (χ1v) is 6.11. The van der Waals surface area contributed by atoms with Gasteiger partial charge in [0.05, 0.1) is 19.3 Å². The molecule has 20 heavy (non-hydrogen) atoms. The number of phenolic OH excluding ortho intramolecular Hbond substituents is 1. The third-order valence-corrected chi connectivity index (χ3v) is 3.02. The molecule has 7 heteroatoms. The molecule has 0 spiro atoms. The average molecular weight is 280 g/mol. The maximum atomic E-state index is 11.6. The van der Waals surface area contributed by atoms with Gasteiger partial charge in [0.15, 0.2) is 0 Å². The molecule has 0 aliphatic carbocycles. The van der Waals surface area contributed by atoms with E-state index in [-0.39, 0.29) is 25.0 Å². The fourth-order valence-corrected chi connectivity index (χ4v) is 1.86. The van der Waals surface area contributed by atoms with Crippen LogP contribution in [0.3, 0.4) is 0 Å². The van der Waals surface area contributed by atoms with Crippen molar-refractivity contribution in [3.8, 4) is 5.75 Å². The fourth-order valence-electron chi connectivity index (χ4n) is 1.86. The van der Waals surface area contributed by atoms with E-state index in [2.05, 4.69) is 4.84 Å². The summed E-state index contributed by atoms with van der Waals surface area (Å²) < 4.78 is 0. The van der Waals surface area contributed by atoms with Crippen LogP contribution in [0.5, 0.6) is 5.75 Å². The van der Waals surface area contributed by atoms with Crippen LogP contribution in [0.2, 0.25) is 0 Å². The molecule has 0 aromatic heterocycles. The molecule has 0 unspecified atom stereocenters. The van der Waals surface area contributed by atoms with Crippen molar-refractivity contribution in [3.63, 3.8) is 0 Å². The van der Waals surface area contributed by atoms with E-state index >= 15 is 0 Å². The number of nitrogens with zero attached hydrogens (tertiary/aromatic N) is 1.